The molecule has 2 saturated heterocycles. The lowest BCUT2D eigenvalue weighted by molar-refractivity contribution is -0.131. The topological polar surface area (TPSA) is 119 Å². The van der Waals surface area contributed by atoms with Crippen LogP contribution in [0.2, 0.25) is 0 Å². The van der Waals surface area contributed by atoms with Crippen LogP contribution in [0, 0.1) is 13.8 Å². The lowest BCUT2D eigenvalue weighted by Crippen LogP contribution is -2.66. The Morgan fingerprint density at radius 1 is 1.05 bits per heavy atom. The highest BCUT2D eigenvalue weighted by atomic mass is 16.5. The second-order valence-electron chi connectivity index (χ2n) is 10.0. The van der Waals surface area contributed by atoms with Gasteiger partial charge in [-0.3, -0.25) is 9.69 Å². The van der Waals surface area contributed by atoms with E-state index < -0.39 is 5.54 Å². The number of aryl methyl sites for hydroxylation is 3. The van der Waals surface area contributed by atoms with Crippen molar-refractivity contribution in [1.29, 1.82) is 0 Å². The van der Waals surface area contributed by atoms with Crippen molar-refractivity contribution < 1.29 is 14.3 Å². The third-order valence-corrected chi connectivity index (χ3v) is 7.23. The molecule has 0 radical (unpaired) electrons. The zero-order chi connectivity index (χ0) is 26.7. The summed E-state index contributed by atoms with van der Waals surface area (Å²) in [5, 5.41) is 16.1. The second-order valence-corrected chi connectivity index (χ2v) is 10.0. The summed E-state index contributed by atoms with van der Waals surface area (Å²) >= 11 is 0. The summed E-state index contributed by atoms with van der Waals surface area (Å²) in [5.74, 6) is 1.52. The number of rotatable bonds is 8. The van der Waals surface area contributed by atoms with Crippen LogP contribution < -0.4 is 15.4 Å². The highest BCUT2D eigenvalue weighted by molar-refractivity contribution is 5.87. The molecule has 2 fully saturated rings. The number of likely N-dealkylation sites (tertiary alicyclic amines) is 1. The van der Waals surface area contributed by atoms with Gasteiger partial charge >= 0.3 is 0 Å². The van der Waals surface area contributed by atoms with Crippen LogP contribution in [-0.2, 0) is 16.6 Å². The third kappa shape index (κ3) is 5.40. The number of hydrogen-bond acceptors (Lipinski definition) is 9. The molecule has 1 atom stereocenters. The number of carbonyl (C=O) groups excluding carboxylic acids is 1. The van der Waals surface area contributed by atoms with Gasteiger partial charge in [0.2, 0.25) is 5.91 Å². The molecule has 3 aromatic rings. The van der Waals surface area contributed by atoms with E-state index in [1.807, 2.05) is 51.2 Å². The van der Waals surface area contributed by atoms with E-state index >= 15 is 0 Å². The molecule has 0 saturated carbocycles. The summed E-state index contributed by atoms with van der Waals surface area (Å²) < 4.78 is 11.0. The molecule has 11 nitrogen and oxygen atoms in total. The van der Waals surface area contributed by atoms with E-state index in [9.17, 15) is 4.79 Å². The Morgan fingerprint density at radius 2 is 1.82 bits per heavy atom. The molecule has 1 spiro atoms. The summed E-state index contributed by atoms with van der Waals surface area (Å²) in [6.45, 7) is 7.77. The molecule has 0 aliphatic carbocycles. The van der Waals surface area contributed by atoms with Crippen molar-refractivity contribution in [2.75, 3.05) is 46.5 Å². The van der Waals surface area contributed by atoms with Gasteiger partial charge in [0.15, 0.2) is 5.82 Å². The molecule has 5 rings (SSSR count). The van der Waals surface area contributed by atoms with Crippen LogP contribution in [-0.4, -0.2) is 87.8 Å². The predicted molar refractivity (Wildman–Crippen MR) is 142 cm³/mol. The van der Waals surface area contributed by atoms with Crippen LogP contribution in [0.1, 0.15) is 41.8 Å². The number of amides is 1. The highest BCUT2D eigenvalue weighted by Gasteiger charge is 2.45. The summed E-state index contributed by atoms with van der Waals surface area (Å²) in [5.41, 5.74) is 3.72. The molecule has 38 heavy (non-hydrogen) atoms. The first-order valence-electron chi connectivity index (χ1n) is 13.1. The van der Waals surface area contributed by atoms with E-state index in [-0.39, 0.29) is 11.9 Å². The molecule has 1 unspecified atom stereocenters. The van der Waals surface area contributed by atoms with Gasteiger partial charge in [-0.25, -0.2) is 9.97 Å². The number of nitrogens with one attached hydrogen (secondary N) is 2. The maximum atomic E-state index is 12.8. The van der Waals surface area contributed by atoms with Crippen molar-refractivity contribution >= 4 is 5.91 Å². The summed E-state index contributed by atoms with van der Waals surface area (Å²) in [7, 11) is 3.48. The molecule has 0 bridgehead atoms. The normalized spacial score (nSPS) is 18.4. The van der Waals surface area contributed by atoms with E-state index in [4.69, 9.17) is 29.6 Å². The first-order valence-corrected chi connectivity index (χ1v) is 13.1. The largest absolute Gasteiger partial charge is 0.491 e. The van der Waals surface area contributed by atoms with Gasteiger partial charge in [-0.1, -0.05) is 12.1 Å². The zero-order valence-corrected chi connectivity index (χ0v) is 22.5. The van der Waals surface area contributed by atoms with Gasteiger partial charge in [0.1, 0.15) is 35.3 Å². The number of piperidine rings is 1. The van der Waals surface area contributed by atoms with Crippen LogP contribution in [0.25, 0.3) is 11.3 Å². The van der Waals surface area contributed by atoms with E-state index in [2.05, 4.69) is 15.5 Å². The van der Waals surface area contributed by atoms with Crippen molar-refractivity contribution in [2.24, 2.45) is 7.05 Å². The van der Waals surface area contributed by atoms with E-state index in [0.717, 1.165) is 40.6 Å². The van der Waals surface area contributed by atoms with Gasteiger partial charge in [0.25, 0.3) is 0 Å². The number of piperazine rings is 1. The fraction of sp³-hybridized carbons (Fsp3) is 0.519. The molecule has 2 aromatic heterocycles. The minimum Gasteiger partial charge on any atom is -0.491 e. The van der Waals surface area contributed by atoms with Crippen LogP contribution in [0.4, 0.5) is 0 Å². The SMILES string of the molecule is COCCOc1cccc(-c2nn(C)nc2C(c2nc(C)cc(C)n2)N2CCC3(CC2)NCCNC3=O)c1. The van der Waals surface area contributed by atoms with Crippen LogP contribution in [0.5, 0.6) is 5.75 Å². The lowest BCUT2D eigenvalue weighted by Gasteiger charge is -2.45. The van der Waals surface area contributed by atoms with Gasteiger partial charge in [-0.2, -0.15) is 15.0 Å². The molecule has 1 aromatic carbocycles. The Balaban J connectivity index is 1.52. The van der Waals surface area contributed by atoms with Gasteiger partial charge in [0.05, 0.1) is 6.61 Å². The minimum absolute atomic E-state index is 0.0908. The lowest BCUT2D eigenvalue weighted by atomic mass is 9.84. The zero-order valence-electron chi connectivity index (χ0n) is 22.5. The molecular weight excluding hydrogens is 484 g/mol. The highest BCUT2D eigenvalue weighted by Crippen LogP contribution is 2.37. The second kappa shape index (κ2) is 11.1. The number of methoxy groups -OCH3 is 1. The Kier molecular flexibility index (Phi) is 7.68. The van der Waals surface area contributed by atoms with E-state index in [1.165, 1.54) is 0 Å². The van der Waals surface area contributed by atoms with Gasteiger partial charge in [-0.05, 0) is 44.9 Å². The molecule has 202 valence electrons. The van der Waals surface area contributed by atoms with Crippen LogP contribution in [0.15, 0.2) is 30.3 Å². The Bertz CT molecular complexity index is 1260. The molecule has 2 aliphatic rings. The van der Waals surface area contributed by atoms with Gasteiger partial charge < -0.3 is 20.1 Å². The van der Waals surface area contributed by atoms with Crippen LogP contribution >= 0.6 is 0 Å². The first-order chi connectivity index (χ1) is 18.4. The number of benzene rings is 1. The average Bonchev–Trinajstić information content (AvgIpc) is 3.28. The maximum absolute atomic E-state index is 12.8. The maximum Gasteiger partial charge on any atom is 0.240 e. The smallest absolute Gasteiger partial charge is 0.240 e. The third-order valence-electron chi connectivity index (χ3n) is 7.23. The monoisotopic (exact) mass is 520 g/mol. The molecule has 2 N–H and O–H groups in total. The fourth-order valence-electron chi connectivity index (χ4n) is 5.42. The minimum atomic E-state index is -0.526. The first kappa shape index (κ1) is 26.2. The molecule has 4 heterocycles. The Morgan fingerprint density at radius 3 is 2.53 bits per heavy atom. The van der Waals surface area contributed by atoms with Crippen LogP contribution in [0.3, 0.4) is 0 Å². The van der Waals surface area contributed by atoms with Crippen molar-refractivity contribution in [1.82, 2.24) is 40.5 Å². The summed E-state index contributed by atoms with van der Waals surface area (Å²) in [4.78, 5) is 26.4. The number of aromatic nitrogens is 5. The number of ether oxygens (including phenoxy) is 2. The summed E-state index contributed by atoms with van der Waals surface area (Å²) in [6.07, 6.45) is 1.39. The Hall–Kier alpha value is -3.41. The number of carbonyl (C=O) groups is 1. The van der Waals surface area contributed by atoms with Crippen molar-refractivity contribution in [2.45, 2.75) is 38.3 Å². The average molecular weight is 521 g/mol. The van der Waals surface area contributed by atoms with Crippen molar-refractivity contribution in [3.05, 3.63) is 53.2 Å². The Labute approximate surface area is 222 Å². The van der Waals surface area contributed by atoms with Crippen molar-refractivity contribution in [3.63, 3.8) is 0 Å². The van der Waals surface area contributed by atoms with Crippen molar-refractivity contribution in [3.8, 4) is 17.0 Å². The van der Waals surface area contributed by atoms with E-state index in [0.29, 0.717) is 51.5 Å². The van der Waals surface area contributed by atoms with E-state index in [1.54, 1.807) is 11.9 Å². The predicted octanol–water partition coefficient (Wildman–Crippen LogP) is 1.56. The van der Waals surface area contributed by atoms with Gasteiger partial charge in [0, 0.05) is 57.3 Å². The number of hydrogen-bond donors (Lipinski definition) is 2. The quantitative estimate of drug-likeness (QED) is 0.427. The number of nitrogens with zero attached hydrogens (tertiary/aromatic N) is 6. The standard InChI is InChI=1S/C27H36N8O3/c1-18-16-19(2)31-25(30-18)24(35-12-8-27(9-13-35)26(36)28-10-11-29-27)23-22(32-34(3)33-23)20-6-5-7-21(17-20)38-15-14-37-4/h5-7,16-17,24,29H,8-15H2,1-4H3,(H,28,36). The van der Waals surface area contributed by atoms with Gasteiger partial charge in [-0.15, -0.1) is 0 Å². The molecule has 11 heteroatoms. The molecular formula is C27H36N8O3. The fourth-order valence-corrected chi connectivity index (χ4v) is 5.42. The summed E-state index contributed by atoms with van der Waals surface area (Å²) in [6, 6.07) is 9.52. The molecule has 2 aliphatic heterocycles. The molecule has 1 amide bonds.